The number of benzene rings is 3. The van der Waals surface area contributed by atoms with Crippen molar-refractivity contribution in [2.24, 2.45) is 5.92 Å². The van der Waals surface area contributed by atoms with Crippen LogP contribution in [-0.4, -0.2) is 19.2 Å². The summed E-state index contributed by atoms with van der Waals surface area (Å²) in [6, 6.07) is 22.8. The third-order valence-corrected chi connectivity index (χ3v) is 7.22. The number of rotatable bonds is 19. The van der Waals surface area contributed by atoms with Gasteiger partial charge in [0.05, 0.1) is 18.8 Å². The molecular weight excluding hydrogens is 496 g/mol. The van der Waals surface area contributed by atoms with Crippen molar-refractivity contribution >= 4 is 5.97 Å². The summed E-state index contributed by atoms with van der Waals surface area (Å²) in [5.41, 5.74) is 2.64. The number of hydrogen-bond donors (Lipinski definition) is 0. The van der Waals surface area contributed by atoms with Crippen LogP contribution in [0.2, 0.25) is 0 Å². The third-order valence-electron chi connectivity index (χ3n) is 7.22. The van der Waals surface area contributed by atoms with Gasteiger partial charge >= 0.3 is 5.97 Å². The molecule has 0 bridgehead atoms. The molecule has 0 aromatic heterocycles. The van der Waals surface area contributed by atoms with E-state index in [9.17, 15) is 4.79 Å². The molecule has 3 rings (SSSR count). The predicted octanol–water partition coefficient (Wildman–Crippen LogP) is 10.1. The quantitative estimate of drug-likeness (QED) is 0.0654. The number of allylic oxidation sites excluding steroid dienone is 1. The molecule has 0 fully saturated rings. The maximum atomic E-state index is 12.6. The Balaban J connectivity index is 1.38. The minimum absolute atomic E-state index is 0.384. The molecule has 0 saturated carbocycles. The van der Waals surface area contributed by atoms with Crippen LogP contribution < -0.4 is 14.2 Å². The molecule has 1 atom stereocenters. The topological polar surface area (TPSA) is 44.8 Å². The summed E-state index contributed by atoms with van der Waals surface area (Å²) in [4.78, 5) is 12.6. The van der Waals surface area contributed by atoms with Crippen LogP contribution in [0.3, 0.4) is 0 Å². The molecule has 0 radical (unpaired) electrons. The molecule has 0 spiro atoms. The lowest BCUT2D eigenvalue weighted by atomic mass is 10.0. The van der Waals surface area contributed by atoms with Crippen molar-refractivity contribution in [3.63, 3.8) is 0 Å². The summed E-state index contributed by atoms with van der Waals surface area (Å²) < 4.78 is 17.3. The minimum Gasteiger partial charge on any atom is -0.494 e. The van der Waals surface area contributed by atoms with Crippen molar-refractivity contribution in [3.8, 4) is 28.4 Å². The first-order valence-electron chi connectivity index (χ1n) is 15.0. The van der Waals surface area contributed by atoms with Gasteiger partial charge in [-0.05, 0) is 97.7 Å². The van der Waals surface area contributed by atoms with E-state index in [2.05, 4.69) is 32.6 Å². The third kappa shape index (κ3) is 11.3. The molecule has 0 unspecified atom stereocenters. The van der Waals surface area contributed by atoms with Crippen molar-refractivity contribution in [1.82, 2.24) is 0 Å². The lowest BCUT2D eigenvalue weighted by Crippen LogP contribution is -2.08. The van der Waals surface area contributed by atoms with Gasteiger partial charge in [-0.2, -0.15) is 0 Å². The molecule has 214 valence electrons. The molecule has 4 nitrogen and oxygen atoms in total. The van der Waals surface area contributed by atoms with E-state index in [1.54, 1.807) is 12.1 Å². The predicted molar refractivity (Wildman–Crippen MR) is 165 cm³/mol. The van der Waals surface area contributed by atoms with Crippen molar-refractivity contribution in [2.45, 2.75) is 78.1 Å². The van der Waals surface area contributed by atoms with Gasteiger partial charge in [0, 0.05) is 0 Å². The van der Waals surface area contributed by atoms with Gasteiger partial charge in [0.1, 0.15) is 17.2 Å². The van der Waals surface area contributed by atoms with E-state index in [0.29, 0.717) is 17.9 Å². The van der Waals surface area contributed by atoms with Crippen LogP contribution in [0.4, 0.5) is 0 Å². The lowest BCUT2D eigenvalue weighted by molar-refractivity contribution is 0.0734. The zero-order valence-electron chi connectivity index (χ0n) is 24.4. The average molecular weight is 543 g/mol. The SMILES string of the molecule is C=CCCCCCCCCOc1ccc(C(=O)Oc2ccc(-c3ccc(OCCC[C@@H](C)CC)cc3)cc2)cc1. The van der Waals surface area contributed by atoms with Crippen molar-refractivity contribution in [1.29, 1.82) is 0 Å². The van der Waals surface area contributed by atoms with Crippen molar-refractivity contribution in [3.05, 3.63) is 91.0 Å². The Bertz CT molecular complexity index is 1120. The van der Waals surface area contributed by atoms with Gasteiger partial charge < -0.3 is 14.2 Å². The van der Waals surface area contributed by atoms with Gasteiger partial charge in [0.25, 0.3) is 0 Å². The van der Waals surface area contributed by atoms with E-state index in [1.165, 1.54) is 44.9 Å². The maximum absolute atomic E-state index is 12.6. The van der Waals surface area contributed by atoms with Gasteiger partial charge in [-0.15, -0.1) is 6.58 Å². The summed E-state index contributed by atoms with van der Waals surface area (Å²) in [6.07, 6.45) is 13.8. The number of hydrogen-bond acceptors (Lipinski definition) is 4. The lowest BCUT2D eigenvalue weighted by Gasteiger charge is -2.10. The molecule has 4 heteroatoms. The van der Waals surface area contributed by atoms with Crippen LogP contribution in [0.15, 0.2) is 85.5 Å². The van der Waals surface area contributed by atoms with E-state index in [-0.39, 0.29) is 5.97 Å². The first-order chi connectivity index (χ1) is 19.6. The summed E-state index contributed by atoms with van der Waals surface area (Å²) in [7, 11) is 0. The van der Waals surface area contributed by atoms with E-state index in [4.69, 9.17) is 14.2 Å². The highest BCUT2D eigenvalue weighted by Gasteiger charge is 2.09. The van der Waals surface area contributed by atoms with Gasteiger partial charge in [0.2, 0.25) is 0 Å². The smallest absolute Gasteiger partial charge is 0.343 e. The Kier molecular flexibility index (Phi) is 13.9. The number of esters is 1. The fraction of sp³-hybridized carbons (Fsp3) is 0.417. The zero-order chi connectivity index (χ0) is 28.4. The number of carbonyl (C=O) groups is 1. The van der Waals surface area contributed by atoms with Crippen molar-refractivity contribution < 1.29 is 19.0 Å². The molecule has 3 aromatic rings. The second-order valence-corrected chi connectivity index (χ2v) is 10.5. The van der Waals surface area contributed by atoms with Gasteiger partial charge in [-0.3, -0.25) is 0 Å². The average Bonchev–Trinajstić information content (AvgIpc) is 2.99. The summed E-state index contributed by atoms with van der Waals surface area (Å²) >= 11 is 0. The monoisotopic (exact) mass is 542 g/mol. The molecule has 0 aliphatic carbocycles. The van der Waals surface area contributed by atoms with Gasteiger partial charge in [-0.1, -0.05) is 76.3 Å². The standard InChI is InChI=1S/C36H46O4/c1-4-6-7-8-9-10-11-12-27-38-34-23-19-32(20-24-34)36(37)40-35-25-17-31(18-26-35)30-15-21-33(22-16-30)39-28-13-14-29(3)5-2/h4,15-26,29H,1,5-14,27-28H2,2-3H3/t29-/m0/s1. The van der Waals surface area contributed by atoms with E-state index in [1.807, 2.05) is 54.6 Å². The molecule has 0 N–H and O–H groups in total. The molecule has 0 aliphatic rings. The van der Waals surface area contributed by atoms with Crippen LogP contribution >= 0.6 is 0 Å². The molecular formula is C36H46O4. The Hall–Kier alpha value is -3.53. The van der Waals surface area contributed by atoms with E-state index in [0.717, 1.165) is 54.4 Å². The molecule has 0 aliphatic heterocycles. The van der Waals surface area contributed by atoms with E-state index < -0.39 is 0 Å². The number of ether oxygens (including phenoxy) is 3. The minimum atomic E-state index is -0.384. The van der Waals surface area contributed by atoms with Crippen LogP contribution in [0.25, 0.3) is 11.1 Å². The summed E-state index contributed by atoms with van der Waals surface area (Å²) in [5.74, 6) is 2.54. The summed E-state index contributed by atoms with van der Waals surface area (Å²) in [5, 5.41) is 0. The fourth-order valence-electron chi connectivity index (χ4n) is 4.43. The molecule has 0 saturated heterocycles. The van der Waals surface area contributed by atoms with E-state index >= 15 is 0 Å². The Labute approximate surface area is 241 Å². The second-order valence-electron chi connectivity index (χ2n) is 10.5. The second kappa shape index (κ2) is 17.9. The zero-order valence-corrected chi connectivity index (χ0v) is 24.4. The van der Waals surface area contributed by atoms with Crippen LogP contribution in [0, 0.1) is 5.92 Å². The number of unbranched alkanes of at least 4 members (excludes halogenated alkanes) is 6. The highest BCUT2D eigenvalue weighted by atomic mass is 16.5. The van der Waals surface area contributed by atoms with Crippen LogP contribution in [0.1, 0.15) is 88.4 Å². The Morgan fingerprint density at radius 3 is 1.77 bits per heavy atom. The maximum Gasteiger partial charge on any atom is 0.343 e. The van der Waals surface area contributed by atoms with Crippen molar-refractivity contribution in [2.75, 3.05) is 13.2 Å². The first kappa shape index (κ1) is 31.0. The molecule has 40 heavy (non-hydrogen) atoms. The van der Waals surface area contributed by atoms with Crippen LogP contribution in [-0.2, 0) is 0 Å². The van der Waals surface area contributed by atoms with Gasteiger partial charge in [0.15, 0.2) is 0 Å². The largest absolute Gasteiger partial charge is 0.494 e. The first-order valence-corrected chi connectivity index (χ1v) is 15.0. The normalized spacial score (nSPS) is 11.6. The molecule has 3 aromatic carbocycles. The number of carbonyl (C=O) groups excluding carboxylic acids is 1. The fourth-order valence-corrected chi connectivity index (χ4v) is 4.43. The Morgan fingerprint density at radius 1 is 0.700 bits per heavy atom. The van der Waals surface area contributed by atoms with Gasteiger partial charge in [-0.25, -0.2) is 4.79 Å². The van der Waals surface area contributed by atoms with Crippen LogP contribution in [0.5, 0.6) is 17.2 Å². The highest BCUT2D eigenvalue weighted by Crippen LogP contribution is 2.25. The Morgan fingerprint density at radius 2 is 1.20 bits per heavy atom. The molecule has 0 heterocycles. The highest BCUT2D eigenvalue weighted by molar-refractivity contribution is 5.91. The summed E-state index contributed by atoms with van der Waals surface area (Å²) in [6.45, 7) is 9.71. The molecule has 0 amide bonds.